The van der Waals surface area contributed by atoms with Gasteiger partial charge in [0, 0.05) is 0 Å². The van der Waals surface area contributed by atoms with Gasteiger partial charge in [0.2, 0.25) is 0 Å². The van der Waals surface area contributed by atoms with Crippen LogP contribution in [0.4, 0.5) is 0 Å². The molecule has 0 aromatic carbocycles. The van der Waals surface area contributed by atoms with E-state index in [-0.39, 0.29) is 143 Å². The second kappa shape index (κ2) is 33.4. The summed E-state index contributed by atoms with van der Waals surface area (Å²) < 4.78 is 53.0. The van der Waals surface area contributed by atoms with Crippen molar-refractivity contribution in [2.24, 2.45) is 181 Å². The molecule has 0 spiro atoms. The Morgan fingerprint density at radius 3 is 1.07 bits per heavy atom. The molecule has 0 radical (unpaired) electrons. The smallest absolute Gasteiger partial charge is 0.311 e. The van der Waals surface area contributed by atoms with Gasteiger partial charge in [-0.05, 0) is 356 Å². The first-order chi connectivity index (χ1) is 48.0. The molecule has 0 aromatic rings. The largest absolute Gasteiger partial charge is 0.462 e. The van der Waals surface area contributed by atoms with Gasteiger partial charge in [0.25, 0.3) is 0 Å². The van der Waals surface area contributed by atoms with E-state index in [1.165, 1.54) is 103 Å². The fourth-order valence-corrected chi connectivity index (χ4v) is 28.6. The summed E-state index contributed by atoms with van der Waals surface area (Å²) >= 11 is 0. The van der Waals surface area contributed by atoms with Crippen LogP contribution in [0.1, 0.15) is 299 Å². The number of carbonyl (C=O) groups excluding carboxylic acids is 6. The van der Waals surface area contributed by atoms with Gasteiger partial charge in [0.05, 0.1) is 53.3 Å². The average Bonchev–Trinajstić information content (AvgIpc) is 1.57. The first kappa shape index (κ1) is 85.1. The lowest BCUT2D eigenvalue weighted by Crippen LogP contribution is -2.48. The normalized spacial score (nSPS) is 43.4. The molecular weight excluding hydrogens is 1330 g/mol. The minimum absolute atomic E-state index is 0. The standard InChI is InChI=1S/C31H46O5.C28H42O5.C26H40O5.6CH4/c1-4-30(2,3)29(33)36-25-11-21-10-24(25)27-22-8-20(26(21)27)9-23(22)28(32)35-16-34-15-31-12-17-5-18(13-31)7-19(6-17)14-31;1-4-28(2,3)27(30)33-23-12-18-11-22(23)25-20-9-17(24(18)25)10-21(20)26(29)32-14-31-13-19-8-15-5-6-16(19)7-15;1-4-26(2,3)25(28)31-21-13-16-12-20(21)23-18-10-15(22(16)23)11-19(18)24(27)30-14-29-17-8-6-5-7-9-17;;;;;;/h17-27H,4-16H2,1-3H3;15-25H,4-14H2,1-3H3;15-23H,4-14H2,1-3H3;6*1H4. The van der Waals surface area contributed by atoms with E-state index < -0.39 is 16.2 Å². The minimum atomic E-state index is -0.418. The van der Waals surface area contributed by atoms with E-state index in [0.717, 1.165) is 150 Å². The van der Waals surface area contributed by atoms with Gasteiger partial charge in [0.15, 0.2) is 20.4 Å². The van der Waals surface area contributed by atoms with Gasteiger partial charge in [-0.25, -0.2) is 0 Å². The van der Waals surface area contributed by atoms with Crippen LogP contribution in [0.5, 0.6) is 0 Å². The molecule has 19 aliphatic rings. The zero-order valence-corrected chi connectivity index (χ0v) is 62.8. The predicted octanol–water partition coefficient (Wildman–Crippen LogP) is 20.1. The van der Waals surface area contributed by atoms with Gasteiger partial charge in [-0.2, -0.15) is 0 Å². The van der Waals surface area contributed by atoms with E-state index in [2.05, 4.69) is 6.92 Å². The maximum absolute atomic E-state index is 13.2. The summed E-state index contributed by atoms with van der Waals surface area (Å²) in [7, 11) is 0. The molecule has 0 amide bonds. The third-order valence-electron chi connectivity index (χ3n) is 33.7. The molecule has 15 heteroatoms. The zero-order valence-electron chi connectivity index (χ0n) is 62.8. The molecule has 27 unspecified atom stereocenters. The van der Waals surface area contributed by atoms with Crippen molar-refractivity contribution < 1.29 is 71.4 Å². The molecule has 19 aliphatic carbocycles. The molecule has 0 heterocycles. The Hall–Kier alpha value is -3.30. The number of hydrogen-bond acceptors (Lipinski definition) is 15. The summed E-state index contributed by atoms with van der Waals surface area (Å²) in [4.78, 5) is 77.3. The third kappa shape index (κ3) is 15.7. The van der Waals surface area contributed by atoms with E-state index in [9.17, 15) is 28.8 Å². The maximum atomic E-state index is 13.2. The van der Waals surface area contributed by atoms with Crippen molar-refractivity contribution in [2.75, 3.05) is 33.6 Å². The summed E-state index contributed by atoms with van der Waals surface area (Å²) in [5, 5.41) is 0. The molecule has 19 fully saturated rings. The highest BCUT2D eigenvalue weighted by Gasteiger charge is 2.70. The lowest BCUT2D eigenvalue weighted by atomic mass is 9.50. The van der Waals surface area contributed by atoms with E-state index in [1.807, 2.05) is 55.4 Å². The Morgan fingerprint density at radius 2 is 0.708 bits per heavy atom. The van der Waals surface area contributed by atoms with Crippen LogP contribution in [0, 0.1) is 181 Å². The Kier molecular flexibility index (Phi) is 26.8. The monoisotopic (exact) mass is 1490 g/mol. The van der Waals surface area contributed by atoms with Crippen LogP contribution in [0.2, 0.25) is 0 Å². The van der Waals surface area contributed by atoms with E-state index in [1.54, 1.807) is 0 Å². The SMILES string of the molecule is C.C.C.C.C.C.CCC(C)(C)C(=O)OC1CC2CC1C1C3CC(CC3C(=O)OCOC3CCCCC3)C21.CCC(C)(C)C(=O)OC1CC2CC1C1C3CC(CC3C(=O)OCOCC34CC5CC(CC(C5)C3)C4)C21.CCC(C)(C)C(=O)OC1CC2CC1C1C3CC(CC3C(=O)OCOCC3CC4CCC3C4)C21. The Labute approximate surface area is 643 Å². The number of carbonyl (C=O) groups is 6. The lowest BCUT2D eigenvalue weighted by molar-refractivity contribution is -0.175. The lowest BCUT2D eigenvalue weighted by Gasteiger charge is -2.56. The van der Waals surface area contributed by atoms with Crippen molar-refractivity contribution in [3.8, 4) is 0 Å². The van der Waals surface area contributed by atoms with Crippen LogP contribution in [0.3, 0.4) is 0 Å². The van der Waals surface area contributed by atoms with Crippen LogP contribution in [0.25, 0.3) is 0 Å². The van der Waals surface area contributed by atoms with Gasteiger partial charge >= 0.3 is 35.8 Å². The van der Waals surface area contributed by atoms with Crippen LogP contribution in [0.15, 0.2) is 0 Å². The van der Waals surface area contributed by atoms with Crippen molar-refractivity contribution in [3.63, 3.8) is 0 Å². The first-order valence-corrected chi connectivity index (χ1v) is 41.9. The highest BCUT2D eigenvalue weighted by atomic mass is 16.7. The first-order valence-electron chi connectivity index (χ1n) is 41.9. The molecule has 0 aromatic heterocycles. The molecule has 15 nitrogen and oxygen atoms in total. The van der Waals surface area contributed by atoms with Crippen molar-refractivity contribution in [1.82, 2.24) is 0 Å². The third-order valence-corrected chi connectivity index (χ3v) is 33.7. The van der Waals surface area contributed by atoms with Gasteiger partial charge in [-0.15, -0.1) is 0 Å². The van der Waals surface area contributed by atoms with Crippen LogP contribution < -0.4 is 0 Å². The summed E-state index contributed by atoms with van der Waals surface area (Å²) in [6.45, 7) is 19.9. The second-order valence-electron chi connectivity index (χ2n) is 39.9. The van der Waals surface area contributed by atoms with E-state index in [0.29, 0.717) is 100 Å². The number of rotatable bonds is 23. The molecule has 27 atom stereocenters. The molecular formula is C91H152O15. The fourth-order valence-electron chi connectivity index (χ4n) is 28.6. The Balaban J connectivity index is 0.000000166. The van der Waals surface area contributed by atoms with Gasteiger partial charge in [-0.3, -0.25) is 28.8 Å². The fraction of sp³-hybridized carbons (Fsp3) is 0.934. The summed E-state index contributed by atoms with van der Waals surface area (Å²) in [6.07, 6.45) is 35.6. The zero-order chi connectivity index (χ0) is 69.5. The minimum Gasteiger partial charge on any atom is -0.462 e. The van der Waals surface area contributed by atoms with Crippen LogP contribution in [-0.2, 0) is 71.4 Å². The van der Waals surface area contributed by atoms with Crippen molar-refractivity contribution in [2.45, 2.75) is 324 Å². The van der Waals surface area contributed by atoms with Gasteiger partial charge in [-0.1, -0.05) is 91.0 Å². The Morgan fingerprint density at radius 1 is 0.349 bits per heavy atom. The summed E-state index contributed by atoms with van der Waals surface area (Å²) in [5.74, 6) is 15.4. The van der Waals surface area contributed by atoms with Gasteiger partial charge < -0.3 is 42.6 Å². The molecule has 0 N–H and O–H groups in total. The number of ether oxygens (including phenoxy) is 9. The van der Waals surface area contributed by atoms with Crippen LogP contribution >= 0.6 is 0 Å². The van der Waals surface area contributed by atoms with Crippen LogP contribution in [-0.4, -0.2) is 93.8 Å². The van der Waals surface area contributed by atoms with E-state index >= 15 is 0 Å². The number of esters is 6. The number of fused-ring (bicyclic) bond motifs is 29. The molecule has 606 valence electrons. The summed E-state index contributed by atoms with van der Waals surface area (Å²) in [5.41, 5.74) is -0.887. The molecule has 0 saturated heterocycles. The van der Waals surface area contributed by atoms with Crippen molar-refractivity contribution >= 4 is 35.8 Å². The topological polar surface area (TPSA) is 185 Å². The molecule has 19 saturated carbocycles. The maximum Gasteiger partial charge on any atom is 0.311 e. The number of hydrogen-bond donors (Lipinski definition) is 0. The average molecular weight is 1490 g/mol. The van der Waals surface area contributed by atoms with E-state index in [4.69, 9.17) is 42.6 Å². The summed E-state index contributed by atoms with van der Waals surface area (Å²) in [6, 6.07) is 0. The highest BCUT2D eigenvalue weighted by molar-refractivity contribution is 5.78. The second-order valence-corrected chi connectivity index (χ2v) is 39.9. The molecule has 18 bridgehead atoms. The van der Waals surface area contributed by atoms with Gasteiger partial charge in [0.1, 0.15) is 18.3 Å². The van der Waals surface area contributed by atoms with Crippen molar-refractivity contribution in [1.29, 1.82) is 0 Å². The molecule has 0 aliphatic heterocycles. The quantitative estimate of drug-likeness (QED) is 0.0309. The Bertz CT molecular complexity index is 2980. The highest BCUT2D eigenvalue weighted by Crippen LogP contribution is 2.73. The predicted molar refractivity (Wildman–Crippen MR) is 413 cm³/mol. The molecule has 19 rings (SSSR count). The van der Waals surface area contributed by atoms with Crippen molar-refractivity contribution in [3.05, 3.63) is 0 Å². The molecule has 106 heavy (non-hydrogen) atoms.